The maximum absolute atomic E-state index is 5.65. The molecule has 0 amide bonds. The van der Waals surface area contributed by atoms with E-state index in [0.29, 0.717) is 5.82 Å². The van der Waals surface area contributed by atoms with Crippen LogP contribution in [0.25, 0.3) is 0 Å². The topological polar surface area (TPSA) is 63.2 Å². The van der Waals surface area contributed by atoms with E-state index in [0.717, 1.165) is 45.0 Å². The van der Waals surface area contributed by atoms with E-state index in [9.17, 15) is 0 Å². The summed E-state index contributed by atoms with van der Waals surface area (Å²) in [5.41, 5.74) is 6.62. The van der Waals surface area contributed by atoms with E-state index in [4.69, 9.17) is 5.73 Å². The zero-order chi connectivity index (χ0) is 11.5. The van der Waals surface area contributed by atoms with Crippen LogP contribution in [0.5, 0.6) is 0 Å². The highest BCUT2D eigenvalue weighted by Crippen LogP contribution is 2.05. The number of likely N-dealkylation sites (N-methyl/N-ethyl adjacent to an activating group) is 1. The third kappa shape index (κ3) is 2.51. The number of rotatable bonds is 3. The number of nitrogens with zero attached hydrogens (tertiary/aromatic N) is 5. The van der Waals surface area contributed by atoms with Crippen molar-refractivity contribution in [3.8, 4) is 0 Å². The molecule has 6 nitrogen and oxygen atoms in total. The first-order valence-corrected chi connectivity index (χ1v) is 5.73. The largest absolute Gasteiger partial charge is 0.381 e. The van der Waals surface area contributed by atoms with Crippen LogP contribution in [0.15, 0.2) is 0 Å². The van der Waals surface area contributed by atoms with Crippen LogP contribution in [0.2, 0.25) is 0 Å². The molecule has 2 N–H and O–H groups in total. The maximum Gasteiger partial charge on any atom is 0.168 e. The number of nitrogen functional groups attached to an aromatic ring is 1. The highest BCUT2D eigenvalue weighted by Gasteiger charge is 2.14. The summed E-state index contributed by atoms with van der Waals surface area (Å²) in [6.45, 7) is 8.44. The van der Waals surface area contributed by atoms with Crippen LogP contribution in [0.4, 0.5) is 5.82 Å². The summed E-state index contributed by atoms with van der Waals surface area (Å²) in [6, 6.07) is 0. The monoisotopic (exact) mass is 224 g/mol. The van der Waals surface area contributed by atoms with Gasteiger partial charge < -0.3 is 10.6 Å². The fraction of sp³-hybridized carbons (Fsp3) is 0.800. The molecule has 0 spiro atoms. The van der Waals surface area contributed by atoms with E-state index in [-0.39, 0.29) is 0 Å². The predicted octanol–water partition coefficient (Wildman–Crippen LogP) is -0.584. The molecule has 1 aliphatic heterocycles. The lowest BCUT2D eigenvalue weighted by Gasteiger charge is -2.32. The summed E-state index contributed by atoms with van der Waals surface area (Å²) >= 11 is 0. The van der Waals surface area contributed by atoms with Crippen molar-refractivity contribution in [3.05, 3.63) is 5.69 Å². The van der Waals surface area contributed by atoms with Crippen LogP contribution >= 0.6 is 0 Å². The number of hydrogen-bond acceptors (Lipinski definition) is 5. The van der Waals surface area contributed by atoms with Crippen molar-refractivity contribution in [3.63, 3.8) is 0 Å². The molecule has 0 aliphatic carbocycles. The Hall–Kier alpha value is -1.14. The molecule has 1 aromatic heterocycles. The lowest BCUT2D eigenvalue weighted by molar-refractivity contribution is 0.148. The Morgan fingerprint density at radius 3 is 2.44 bits per heavy atom. The van der Waals surface area contributed by atoms with Gasteiger partial charge in [-0.1, -0.05) is 5.21 Å². The minimum Gasteiger partial charge on any atom is -0.381 e. The van der Waals surface area contributed by atoms with Crippen LogP contribution in [0, 0.1) is 6.92 Å². The van der Waals surface area contributed by atoms with Crippen molar-refractivity contribution >= 4 is 5.82 Å². The molecule has 0 radical (unpaired) electrons. The molecule has 0 unspecified atom stereocenters. The molecule has 90 valence electrons. The third-order valence-electron chi connectivity index (χ3n) is 3.24. The van der Waals surface area contributed by atoms with Crippen molar-refractivity contribution in [2.75, 3.05) is 45.5 Å². The molecule has 0 saturated carbocycles. The van der Waals surface area contributed by atoms with Gasteiger partial charge in [0.05, 0.1) is 12.2 Å². The molecule has 1 saturated heterocycles. The Morgan fingerprint density at radius 1 is 1.19 bits per heavy atom. The average Bonchev–Trinajstić information content (AvgIpc) is 2.60. The molecule has 1 fully saturated rings. The Bertz CT molecular complexity index is 339. The second-order valence-corrected chi connectivity index (χ2v) is 4.43. The Balaban J connectivity index is 1.81. The van der Waals surface area contributed by atoms with Crippen LogP contribution < -0.4 is 5.73 Å². The summed E-state index contributed by atoms with van der Waals surface area (Å²) in [5.74, 6) is 0.540. The quantitative estimate of drug-likeness (QED) is 0.744. The molecule has 1 aromatic rings. The fourth-order valence-corrected chi connectivity index (χ4v) is 1.89. The van der Waals surface area contributed by atoms with Gasteiger partial charge in [-0.2, -0.15) is 0 Å². The molecule has 0 atom stereocenters. The minimum atomic E-state index is 0.540. The number of hydrogen-bond donors (Lipinski definition) is 1. The average molecular weight is 224 g/mol. The van der Waals surface area contributed by atoms with E-state index in [1.54, 1.807) is 0 Å². The molecular weight excluding hydrogens is 204 g/mol. The van der Waals surface area contributed by atoms with Crippen LogP contribution in [0.1, 0.15) is 5.69 Å². The van der Waals surface area contributed by atoms with Crippen molar-refractivity contribution < 1.29 is 0 Å². The van der Waals surface area contributed by atoms with E-state index < -0.39 is 0 Å². The number of aromatic nitrogens is 3. The lowest BCUT2D eigenvalue weighted by atomic mass is 10.3. The van der Waals surface area contributed by atoms with Gasteiger partial charge in [-0.3, -0.25) is 4.90 Å². The summed E-state index contributed by atoms with van der Waals surface area (Å²) in [6.07, 6.45) is 0. The van der Waals surface area contributed by atoms with Crippen LogP contribution in [-0.4, -0.2) is 64.6 Å². The first-order valence-electron chi connectivity index (χ1n) is 5.73. The normalized spacial score (nSPS) is 19.1. The zero-order valence-electron chi connectivity index (χ0n) is 10.1. The summed E-state index contributed by atoms with van der Waals surface area (Å²) in [4.78, 5) is 4.81. The van der Waals surface area contributed by atoms with Crippen LogP contribution in [-0.2, 0) is 6.54 Å². The Kier molecular flexibility index (Phi) is 3.40. The first-order chi connectivity index (χ1) is 7.66. The van der Waals surface area contributed by atoms with Crippen molar-refractivity contribution in [1.82, 2.24) is 24.8 Å². The SMILES string of the molecule is Cc1c(N)nnn1CCN1CCN(C)CC1. The Labute approximate surface area is 96.0 Å². The Morgan fingerprint density at radius 2 is 1.88 bits per heavy atom. The number of nitrogens with two attached hydrogens (primary N) is 1. The van der Waals surface area contributed by atoms with E-state index in [1.807, 2.05) is 11.6 Å². The number of anilines is 1. The highest BCUT2D eigenvalue weighted by atomic mass is 15.4. The summed E-state index contributed by atoms with van der Waals surface area (Å²) in [7, 11) is 2.17. The first kappa shape index (κ1) is 11.3. The third-order valence-corrected chi connectivity index (χ3v) is 3.24. The van der Waals surface area contributed by atoms with Crippen molar-refractivity contribution in [2.24, 2.45) is 0 Å². The van der Waals surface area contributed by atoms with Crippen LogP contribution in [0.3, 0.4) is 0 Å². The van der Waals surface area contributed by atoms with E-state index in [1.165, 1.54) is 0 Å². The van der Waals surface area contributed by atoms with Gasteiger partial charge in [0.1, 0.15) is 0 Å². The van der Waals surface area contributed by atoms with Gasteiger partial charge in [-0.15, -0.1) is 5.10 Å². The second kappa shape index (κ2) is 4.80. The molecule has 16 heavy (non-hydrogen) atoms. The van der Waals surface area contributed by atoms with Gasteiger partial charge in [-0.25, -0.2) is 4.68 Å². The standard InChI is InChI=1S/C10H20N6/c1-9-10(11)12-13-16(9)8-7-15-5-3-14(2)4-6-15/h3-8,11H2,1-2H3. The summed E-state index contributed by atoms with van der Waals surface area (Å²) in [5, 5.41) is 7.88. The summed E-state index contributed by atoms with van der Waals surface area (Å²) < 4.78 is 1.88. The van der Waals surface area contributed by atoms with Gasteiger partial charge in [-0.05, 0) is 14.0 Å². The molecule has 0 bridgehead atoms. The fourth-order valence-electron chi connectivity index (χ4n) is 1.89. The van der Waals surface area contributed by atoms with Gasteiger partial charge in [0.15, 0.2) is 5.82 Å². The molecule has 2 heterocycles. The smallest absolute Gasteiger partial charge is 0.168 e. The highest BCUT2D eigenvalue weighted by molar-refractivity contribution is 5.31. The minimum absolute atomic E-state index is 0.540. The molecule has 2 rings (SSSR count). The van der Waals surface area contributed by atoms with E-state index in [2.05, 4.69) is 27.2 Å². The van der Waals surface area contributed by atoms with Gasteiger partial charge in [0.25, 0.3) is 0 Å². The molecule has 1 aliphatic rings. The second-order valence-electron chi connectivity index (χ2n) is 4.43. The van der Waals surface area contributed by atoms with Gasteiger partial charge >= 0.3 is 0 Å². The van der Waals surface area contributed by atoms with Crippen molar-refractivity contribution in [2.45, 2.75) is 13.5 Å². The van der Waals surface area contributed by atoms with Gasteiger partial charge in [0.2, 0.25) is 0 Å². The predicted molar refractivity (Wildman–Crippen MR) is 63.1 cm³/mol. The van der Waals surface area contributed by atoms with Gasteiger partial charge in [0, 0.05) is 32.7 Å². The van der Waals surface area contributed by atoms with Crippen molar-refractivity contribution in [1.29, 1.82) is 0 Å². The maximum atomic E-state index is 5.65. The van der Waals surface area contributed by atoms with E-state index >= 15 is 0 Å². The molecule has 0 aromatic carbocycles. The molecule has 6 heteroatoms. The number of piperazine rings is 1. The lowest BCUT2D eigenvalue weighted by Crippen LogP contribution is -2.45. The zero-order valence-corrected chi connectivity index (χ0v) is 10.1. The molecular formula is C10H20N6.